The molecule has 2 heterocycles. The highest BCUT2D eigenvalue weighted by atomic mass is 32.2. The highest BCUT2D eigenvalue weighted by Crippen LogP contribution is 2.47. The smallest absolute Gasteiger partial charge is 0.151 e. The molecule has 2 nitrogen and oxygen atoms in total. The quantitative estimate of drug-likeness (QED) is 0.928. The van der Waals surface area contributed by atoms with Crippen molar-refractivity contribution in [2.75, 3.05) is 24.7 Å². The van der Waals surface area contributed by atoms with Gasteiger partial charge in [0.25, 0.3) is 0 Å². The van der Waals surface area contributed by atoms with Gasteiger partial charge in [0.05, 0.1) is 5.60 Å². The zero-order valence-electron chi connectivity index (χ0n) is 12.4. The van der Waals surface area contributed by atoms with Crippen molar-refractivity contribution in [2.45, 2.75) is 37.0 Å². The number of rotatable bonds is 3. The number of benzene rings is 1. The lowest BCUT2D eigenvalue weighted by molar-refractivity contribution is -0.129. The second-order valence-electron chi connectivity index (χ2n) is 6.27. The van der Waals surface area contributed by atoms with Crippen molar-refractivity contribution in [2.24, 2.45) is 11.7 Å². The van der Waals surface area contributed by atoms with E-state index in [1.165, 1.54) is 0 Å². The molecule has 2 N–H and O–H groups in total. The molecular formula is C17H24FNOS. The van der Waals surface area contributed by atoms with E-state index in [1.807, 2.05) is 42.1 Å². The van der Waals surface area contributed by atoms with Gasteiger partial charge >= 0.3 is 0 Å². The molecule has 2 fully saturated rings. The molecule has 21 heavy (non-hydrogen) atoms. The van der Waals surface area contributed by atoms with E-state index in [9.17, 15) is 0 Å². The first-order chi connectivity index (χ1) is 10.2. The molecule has 4 heteroatoms. The van der Waals surface area contributed by atoms with Crippen LogP contribution in [0.15, 0.2) is 30.3 Å². The van der Waals surface area contributed by atoms with Crippen molar-refractivity contribution < 1.29 is 9.13 Å². The molecule has 0 aromatic heterocycles. The van der Waals surface area contributed by atoms with Crippen LogP contribution in [0.25, 0.3) is 0 Å². The fourth-order valence-electron chi connectivity index (χ4n) is 3.75. The predicted molar refractivity (Wildman–Crippen MR) is 86.2 cm³/mol. The molecule has 2 aliphatic heterocycles. The molecule has 0 amide bonds. The van der Waals surface area contributed by atoms with Crippen molar-refractivity contribution >= 4 is 11.8 Å². The Morgan fingerprint density at radius 1 is 1.29 bits per heavy atom. The zero-order valence-corrected chi connectivity index (χ0v) is 13.2. The SMILES string of the molecule is NCC(F)(c1ccccc1)C1CCOC2(CCSCC2)C1. The fourth-order valence-corrected chi connectivity index (χ4v) is 4.98. The fraction of sp³-hybridized carbons (Fsp3) is 0.647. The van der Waals surface area contributed by atoms with Crippen LogP contribution in [0.1, 0.15) is 31.2 Å². The van der Waals surface area contributed by atoms with Crippen LogP contribution < -0.4 is 5.73 Å². The van der Waals surface area contributed by atoms with Gasteiger partial charge in [-0.2, -0.15) is 11.8 Å². The minimum Gasteiger partial charge on any atom is -0.375 e. The molecule has 0 aliphatic carbocycles. The van der Waals surface area contributed by atoms with Crippen molar-refractivity contribution in [3.05, 3.63) is 35.9 Å². The lowest BCUT2D eigenvalue weighted by Crippen LogP contribution is -2.49. The maximum atomic E-state index is 15.7. The molecule has 0 radical (unpaired) electrons. The summed E-state index contributed by atoms with van der Waals surface area (Å²) in [5, 5.41) is 0. The number of ether oxygens (including phenoxy) is 1. The maximum Gasteiger partial charge on any atom is 0.151 e. The second kappa shape index (κ2) is 6.27. The van der Waals surface area contributed by atoms with Gasteiger partial charge in [0, 0.05) is 19.1 Å². The van der Waals surface area contributed by atoms with Crippen molar-refractivity contribution in [3.8, 4) is 0 Å². The third kappa shape index (κ3) is 2.99. The lowest BCUT2D eigenvalue weighted by Gasteiger charge is -2.47. The second-order valence-corrected chi connectivity index (χ2v) is 7.49. The van der Waals surface area contributed by atoms with Gasteiger partial charge in [-0.3, -0.25) is 0 Å². The van der Waals surface area contributed by atoms with E-state index in [0.29, 0.717) is 6.61 Å². The van der Waals surface area contributed by atoms with Gasteiger partial charge in [-0.05, 0) is 42.8 Å². The van der Waals surface area contributed by atoms with Gasteiger partial charge in [0.15, 0.2) is 5.67 Å². The molecule has 0 saturated carbocycles. The summed E-state index contributed by atoms with van der Waals surface area (Å²) >= 11 is 1.97. The Hall–Kier alpha value is -0.580. The van der Waals surface area contributed by atoms with Crippen LogP contribution in [0.5, 0.6) is 0 Å². The molecule has 2 aliphatic rings. The van der Waals surface area contributed by atoms with Crippen molar-refractivity contribution in [1.29, 1.82) is 0 Å². The Morgan fingerprint density at radius 2 is 2.00 bits per heavy atom. The maximum absolute atomic E-state index is 15.7. The van der Waals surface area contributed by atoms with Crippen LogP contribution >= 0.6 is 11.8 Å². The van der Waals surface area contributed by atoms with Crippen LogP contribution in [-0.2, 0) is 10.4 Å². The molecule has 1 spiro atoms. The number of hydrogen-bond donors (Lipinski definition) is 1. The summed E-state index contributed by atoms with van der Waals surface area (Å²) in [5.41, 5.74) is 5.06. The number of hydrogen-bond acceptors (Lipinski definition) is 3. The van der Waals surface area contributed by atoms with Gasteiger partial charge in [-0.25, -0.2) is 4.39 Å². The van der Waals surface area contributed by atoms with Crippen LogP contribution in [0.4, 0.5) is 4.39 Å². The summed E-state index contributed by atoms with van der Waals surface area (Å²) in [6.45, 7) is 0.709. The third-order valence-electron chi connectivity index (χ3n) is 5.09. The van der Waals surface area contributed by atoms with Gasteiger partial charge < -0.3 is 10.5 Å². The van der Waals surface area contributed by atoms with Gasteiger partial charge in [-0.1, -0.05) is 30.3 Å². The summed E-state index contributed by atoms with van der Waals surface area (Å²) < 4.78 is 21.8. The van der Waals surface area contributed by atoms with E-state index in [2.05, 4.69) is 0 Å². The zero-order chi connectivity index (χ0) is 14.8. The average Bonchev–Trinajstić information content (AvgIpc) is 2.56. The van der Waals surface area contributed by atoms with Gasteiger partial charge in [-0.15, -0.1) is 0 Å². The van der Waals surface area contributed by atoms with Crippen LogP contribution in [0.3, 0.4) is 0 Å². The van der Waals surface area contributed by atoms with E-state index in [-0.39, 0.29) is 18.1 Å². The molecule has 0 bridgehead atoms. The Balaban J connectivity index is 1.83. The van der Waals surface area contributed by atoms with Crippen molar-refractivity contribution in [3.63, 3.8) is 0 Å². The van der Waals surface area contributed by atoms with E-state index < -0.39 is 5.67 Å². The van der Waals surface area contributed by atoms with Crippen molar-refractivity contribution in [1.82, 2.24) is 0 Å². The van der Waals surface area contributed by atoms with Crippen LogP contribution in [-0.4, -0.2) is 30.3 Å². The molecule has 1 aromatic carbocycles. The minimum absolute atomic E-state index is 0.0400. The number of halogens is 1. The Labute approximate surface area is 130 Å². The van der Waals surface area contributed by atoms with Gasteiger partial charge in [0.2, 0.25) is 0 Å². The summed E-state index contributed by atoms with van der Waals surface area (Å²) in [4.78, 5) is 0. The van der Waals surface area contributed by atoms with E-state index in [0.717, 1.165) is 42.8 Å². The number of alkyl halides is 1. The highest BCUT2D eigenvalue weighted by Gasteiger charge is 2.47. The average molecular weight is 309 g/mol. The molecule has 116 valence electrons. The normalized spacial score (nSPS) is 28.2. The molecule has 2 saturated heterocycles. The Bertz CT molecular complexity index is 458. The lowest BCUT2D eigenvalue weighted by atomic mass is 9.72. The Morgan fingerprint density at radius 3 is 2.67 bits per heavy atom. The molecular weight excluding hydrogens is 285 g/mol. The molecule has 3 rings (SSSR count). The summed E-state index contributed by atoms with van der Waals surface area (Å²) in [6.07, 6.45) is 3.65. The number of nitrogens with two attached hydrogens (primary N) is 1. The Kier molecular flexibility index (Phi) is 4.57. The molecule has 2 atom stereocenters. The molecule has 1 aromatic rings. The topological polar surface area (TPSA) is 35.2 Å². The first kappa shape index (κ1) is 15.3. The van der Waals surface area contributed by atoms with E-state index in [4.69, 9.17) is 10.5 Å². The predicted octanol–water partition coefficient (Wildman–Crippen LogP) is 3.50. The largest absolute Gasteiger partial charge is 0.375 e. The van der Waals surface area contributed by atoms with E-state index in [1.54, 1.807) is 0 Å². The highest BCUT2D eigenvalue weighted by molar-refractivity contribution is 7.99. The monoisotopic (exact) mass is 309 g/mol. The standard InChI is InChI=1S/C17H24FNOS/c18-17(13-19,14-4-2-1-3-5-14)15-6-9-20-16(12-15)7-10-21-11-8-16/h1-5,15H,6-13,19H2. The van der Waals surface area contributed by atoms with Crippen LogP contribution in [0, 0.1) is 5.92 Å². The first-order valence-corrected chi connectivity index (χ1v) is 9.00. The summed E-state index contributed by atoms with van der Waals surface area (Å²) in [6, 6.07) is 9.44. The minimum atomic E-state index is -1.43. The van der Waals surface area contributed by atoms with Crippen LogP contribution in [0.2, 0.25) is 0 Å². The molecule has 2 unspecified atom stereocenters. The first-order valence-electron chi connectivity index (χ1n) is 7.85. The van der Waals surface area contributed by atoms with Gasteiger partial charge in [0.1, 0.15) is 0 Å². The summed E-state index contributed by atoms with van der Waals surface area (Å²) in [5.74, 6) is 2.21. The van der Waals surface area contributed by atoms with E-state index >= 15 is 4.39 Å². The summed E-state index contributed by atoms with van der Waals surface area (Å²) in [7, 11) is 0. The third-order valence-corrected chi connectivity index (χ3v) is 6.08. The number of thioether (sulfide) groups is 1.